The van der Waals surface area contributed by atoms with Crippen molar-refractivity contribution in [3.63, 3.8) is 0 Å². The van der Waals surface area contributed by atoms with E-state index >= 15 is 0 Å². The third kappa shape index (κ3) is 3.64. The van der Waals surface area contributed by atoms with Gasteiger partial charge < -0.3 is 5.32 Å². The molecule has 0 aliphatic heterocycles. The van der Waals surface area contributed by atoms with Crippen molar-refractivity contribution in [1.29, 1.82) is 0 Å². The lowest BCUT2D eigenvalue weighted by Crippen LogP contribution is -2.22. The van der Waals surface area contributed by atoms with E-state index in [-0.39, 0.29) is 17.7 Å². The Morgan fingerprint density at radius 2 is 1.75 bits per heavy atom. The molecule has 1 N–H and O–H groups in total. The minimum absolute atomic E-state index is 0.214. The molecule has 0 spiro atoms. The van der Waals surface area contributed by atoms with Crippen LogP contribution >= 0.6 is 0 Å². The minimum Gasteiger partial charge on any atom is -0.310 e. The molecule has 1 atom stereocenters. The Bertz CT molecular complexity index is 567. The largest absolute Gasteiger partial charge is 0.310 e. The third-order valence-corrected chi connectivity index (χ3v) is 3.45. The lowest BCUT2D eigenvalue weighted by molar-refractivity contribution is 0.519. The maximum atomic E-state index is 13.8. The maximum Gasteiger partial charge on any atom is 0.128 e. The standard InChI is InChI=1S/C17H19F2N/c1-12-10-17(19)15(11-16(12)18)13(2)20-9-8-14-6-4-3-5-7-14/h3-7,10-11,13,20H,8-9H2,1-2H3. The molecule has 0 aromatic heterocycles. The fourth-order valence-electron chi connectivity index (χ4n) is 2.18. The van der Waals surface area contributed by atoms with E-state index in [1.165, 1.54) is 17.7 Å². The molecule has 1 unspecified atom stereocenters. The lowest BCUT2D eigenvalue weighted by atomic mass is 10.0. The van der Waals surface area contributed by atoms with Gasteiger partial charge >= 0.3 is 0 Å². The monoisotopic (exact) mass is 275 g/mol. The second-order valence-corrected chi connectivity index (χ2v) is 5.03. The second-order valence-electron chi connectivity index (χ2n) is 5.03. The molecule has 0 saturated heterocycles. The van der Waals surface area contributed by atoms with Crippen LogP contribution in [0.15, 0.2) is 42.5 Å². The van der Waals surface area contributed by atoms with Crippen LogP contribution in [-0.4, -0.2) is 6.54 Å². The summed E-state index contributed by atoms with van der Waals surface area (Å²) in [6.45, 7) is 4.13. The zero-order chi connectivity index (χ0) is 14.5. The van der Waals surface area contributed by atoms with Gasteiger partial charge in [-0.2, -0.15) is 0 Å². The first kappa shape index (κ1) is 14.7. The van der Waals surface area contributed by atoms with Crippen LogP contribution in [0.4, 0.5) is 8.78 Å². The molecule has 2 rings (SSSR count). The SMILES string of the molecule is Cc1cc(F)c(C(C)NCCc2ccccc2)cc1F. The average molecular weight is 275 g/mol. The van der Waals surface area contributed by atoms with Crippen LogP contribution in [0.3, 0.4) is 0 Å². The number of halogens is 2. The zero-order valence-electron chi connectivity index (χ0n) is 11.8. The highest BCUT2D eigenvalue weighted by Crippen LogP contribution is 2.20. The van der Waals surface area contributed by atoms with Gasteiger partial charge in [-0.3, -0.25) is 0 Å². The molecule has 0 fully saturated rings. The van der Waals surface area contributed by atoms with Gasteiger partial charge in [0.25, 0.3) is 0 Å². The first-order valence-electron chi connectivity index (χ1n) is 6.81. The van der Waals surface area contributed by atoms with Crippen molar-refractivity contribution in [2.24, 2.45) is 0 Å². The van der Waals surface area contributed by atoms with E-state index < -0.39 is 0 Å². The van der Waals surface area contributed by atoms with Crippen molar-refractivity contribution in [2.75, 3.05) is 6.54 Å². The minimum atomic E-state index is -0.363. The quantitative estimate of drug-likeness (QED) is 0.863. The molecule has 3 heteroatoms. The molecule has 20 heavy (non-hydrogen) atoms. The number of nitrogens with one attached hydrogen (secondary N) is 1. The van der Waals surface area contributed by atoms with Gasteiger partial charge in [-0.1, -0.05) is 30.3 Å². The van der Waals surface area contributed by atoms with E-state index in [0.29, 0.717) is 11.1 Å². The van der Waals surface area contributed by atoms with E-state index in [4.69, 9.17) is 0 Å². The van der Waals surface area contributed by atoms with Crippen LogP contribution in [0.5, 0.6) is 0 Å². The molecule has 2 aromatic rings. The van der Waals surface area contributed by atoms with Crippen LogP contribution in [0.25, 0.3) is 0 Å². The van der Waals surface area contributed by atoms with Gasteiger partial charge in [0, 0.05) is 11.6 Å². The molecule has 0 radical (unpaired) electrons. The number of aryl methyl sites for hydroxylation is 1. The number of benzene rings is 2. The Hall–Kier alpha value is -1.74. The molecule has 0 saturated carbocycles. The van der Waals surface area contributed by atoms with Gasteiger partial charge in [0.15, 0.2) is 0 Å². The molecule has 2 aromatic carbocycles. The molecule has 0 heterocycles. The maximum absolute atomic E-state index is 13.8. The van der Waals surface area contributed by atoms with Gasteiger partial charge in [-0.05, 0) is 50.1 Å². The Balaban J connectivity index is 1.95. The highest BCUT2D eigenvalue weighted by molar-refractivity contribution is 5.27. The number of hydrogen-bond donors (Lipinski definition) is 1. The Labute approximate surface area is 118 Å². The van der Waals surface area contributed by atoms with Crippen LogP contribution < -0.4 is 5.32 Å². The molecule has 0 amide bonds. The van der Waals surface area contributed by atoms with Gasteiger partial charge in [0.2, 0.25) is 0 Å². The summed E-state index contributed by atoms with van der Waals surface area (Å²) in [4.78, 5) is 0. The van der Waals surface area contributed by atoms with E-state index in [0.717, 1.165) is 13.0 Å². The van der Waals surface area contributed by atoms with Gasteiger partial charge in [-0.15, -0.1) is 0 Å². The number of hydrogen-bond acceptors (Lipinski definition) is 1. The predicted octanol–water partition coefficient (Wildman–Crippen LogP) is 4.17. The smallest absolute Gasteiger partial charge is 0.128 e. The summed E-state index contributed by atoms with van der Waals surface area (Å²) in [5, 5.41) is 3.23. The summed E-state index contributed by atoms with van der Waals surface area (Å²) in [7, 11) is 0. The second kappa shape index (κ2) is 6.62. The highest BCUT2D eigenvalue weighted by Gasteiger charge is 2.13. The van der Waals surface area contributed by atoms with Crippen molar-refractivity contribution >= 4 is 0 Å². The molecule has 0 bridgehead atoms. The summed E-state index contributed by atoms with van der Waals surface area (Å²) in [5.74, 6) is -0.721. The van der Waals surface area contributed by atoms with Crippen molar-refractivity contribution in [2.45, 2.75) is 26.3 Å². The fourth-order valence-corrected chi connectivity index (χ4v) is 2.18. The van der Waals surface area contributed by atoms with Crippen LogP contribution in [0.1, 0.15) is 29.7 Å². The first-order valence-corrected chi connectivity index (χ1v) is 6.81. The topological polar surface area (TPSA) is 12.0 Å². The Kier molecular flexibility index (Phi) is 4.85. The zero-order valence-corrected chi connectivity index (χ0v) is 11.8. The number of rotatable bonds is 5. The molecule has 106 valence electrons. The van der Waals surface area contributed by atoms with E-state index in [1.807, 2.05) is 25.1 Å². The molecule has 1 nitrogen and oxygen atoms in total. The molecular weight excluding hydrogens is 256 g/mol. The van der Waals surface area contributed by atoms with Crippen molar-refractivity contribution in [3.05, 3.63) is 70.8 Å². The molecular formula is C17H19F2N. The molecule has 0 aliphatic rings. The highest BCUT2D eigenvalue weighted by atomic mass is 19.1. The molecule has 0 aliphatic carbocycles. The van der Waals surface area contributed by atoms with Gasteiger partial charge in [-0.25, -0.2) is 8.78 Å². The summed E-state index contributed by atoms with van der Waals surface area (Å²) in [6.07, 6.45) is 0.862. The van der Waals surface area contributed by atoms with Crippen molar-refractivity contribution in [1.82, 2.24) is 5.32 Å². The summed E-state index contributed by atoms with van der Waals surface area (Å²) in [5.41, 5.74) is 1.94. The van der Waals surface area contributed by atoms with Crippen molar-refractivity contribution in [3.8, 4) is 0 Å². The lowest BCUT2D eigenvalue weighted by Gasteiger charge is -2.16. The Morgan fingerprint density at radius 3 is 2.45 bits per heavy atom. The van der Waals surface area contributed by atoms with E-state index in [9.17, 15) is 8.78 Å². The third-order valence-electron chi connectivity index (χ3n) is 3.45. The van der Waals surface area contributed by atoms with Gasteiger partial charge in [0.05, 0.1) is 0 Å². The van der Waals surface area contributed by atoms with E-state index in [2.05, 4.69) is 17.4 Å². The van der Waals surface area contributed by atoms with Crippen LogP contribution in [-0.2, 0) is 6.42 Å². The summed E-state index contributed by atoms with van der Waals surface area (Å²) < 4.78 is 27.3. The first-order chi connectivity index (χ1) is 9.58. The fraction of sp³-hybridized carbons (Fsp3) is 0.294. The van der Waals surface area contributed by atoms with Crippen LogP contribution in [0.2, 0.25) is 0 Å². The average Bonchev–Trinajstić information content (AvgIpc) is 2.44. The van der Waals surface area contributed by atoms with E-state index in [1.54, 1.807) is 6.92 Å². The summed E-state index contributed by atoms with van der Waals surface area (Å²) >= 11 is 0. The van der Waals surface area contributed by atoms with Gasteiger partial charge in [0.1, 0.15) is 11.6 Å². The normalized spacial score (nSPS) is 12.4. The van der Waals surface area contributed by atoms with Crippen molar-refractivity contribution < 1.29 is 8.78 Å². The van der Waals surface area contributed by atoms with Crippen LogP contribution in [0, 0.1) is 18.6 Å². The predicted molar refractivity (Wildman–Crippen MR) is 77.7 cm³/mol. The Morgan fingerprint density at radius 1 is 1.05 bits per heavy atom. The summed E-state index contributed by atoms with van der Waals surface area (Å²) in [6, 6.07) is 12.4.